The quantitative estimate of drug-likeness (QED) is 0.791. The van der Waals surface area contributed by atoms with Crippen LogP contribution in [-0.2, 0) is 11.2 Å². The van der Waals surface area contributed by atoms with Crippen LogP contribution >= 0.6 is 12.2 Å². The van der Waals surface area contributed by atoms with Gasteiger partial charge in [0.2, 0.25) is 5.91 Å². The second kappa shape index (κ2) is 8.81. The zero-order chi connectivity index (χ0) is 18.4. The molecule has 1 aliphatic rings. The molecule has 1 saturated heterocycles. The molecule has 1 heterocycles. The molecule has 0 unspecified atom stereocenters. The SMILES string of the molecule is CCc1ccc(NC(=S)N2CCC(C(=O)Nc3ccccc3)CC2)cc1. The molecule has 0 aromatic heterocycles. The predicted octanol–water partition coefficient (Wildman–Crippen LogP) is 4.30. The van der Waals surface area contributed by atoms with Crippen LogP contribution in [0.5, 0.6) is 0 Å². The molecule has 4 nitrogen and oxygen atoms in total. The number of amides is 1. The van der Waals surface area contributed by atoms with Gasteiger partial charge in [0.15, 0.2) is 5.11 Å². The van der Waals surface area contributed by atoms with E-state index in [1.165, 1.54) is 5.56 Å². The smallest absolute Gasteiger partial charge is 0.227 e. The molecule has 3 rings (SSSR count). The highest BCUT2D eigenvalue weighted by Crippen LogP contribution is 2.20. The van der Waals surface area contributed by atoms with E-state index in [2.05, 4.69) is 46.7 Å². The van der Waals surface area contributed by atoms with Crippen LogP contribution in [0, 0.1) is 5.92 Å². The Morgan fingerprint density at radius 2 is 1.62 bits per heavy atom. The first kappa shape index (κ1) is 18.4. The third kappa shape index (κ3) is 4.82. The lowest BCUT2D eigenvalue weighted by molar-refractivity contribution is -0.120. The topological polar surface area (TPSA) is 44.4 Å². The summed E-state index contributed by atoms with van der Waals surface area (Å²) in [6, 6.07) is 18.0. The summed E-state index contributed by atoms with van der Waals surface area (Å²) < 4.78 is 0. The molecule has 26 heavy (non-hydrogen) atoms. The van der Waals surface area contributed by atoms with Gasteiger partial charge in [0.1, 0.15) is 0 Å². The number of thiocarbonyl (C=S) groups is 1. The van der Waals surface area contributed by atoms with E-state index in [1.54, 1.807) is 0 Å². The molecule has 0 spiro atoms. The molecule has 0 bridgehead atoms. The summed E-state index contributed by atoms with van der Waals surface area (Å²) >= 11 is 5.54. The fourth-order valence-electron chi connectivity index (χ4n) is 3.14. The molecule has 1 amide bonds. The van der Waals surface area contributed by atoms with Crippen LogP contribution in [0.25, 0.3) is 0 Å². The van der Waals surface area contributed by atoms with Crippen LogP contribution in [0.1, 0.15) is 25.3 Å². The molecule has 0 saturated carbocycles. The lowest BCUT2D eigenvalue weighted by atomic mass is 9.96. The van der Waals surface area contributed by atoms with Gasteiger partial charge in [0, 0.05) is 30.4 Å². The number of hydrogen-bond acceptors (Lipinski definition) is 2. The van der Waals surface area contributed by atoms with Crippen molar-refractivity contribution in [1.82, 2.24) is 4.90 Å². The van der Waals surface area contributed by atoms with Gasteiger partial charge in [-0.2, -0.15) is 0 Å². The lowest BCUT2D eigenvalue weighted by Crippen LogP contribution is -2.43. The Kier molecular flexibility index (Phi) is 6.23. The summed E-state index contributed by atoms with van der Waals surface area (Å²) in [4.78, 5) is 14.6. The van der Waals surface area contributed by atoms with Gasteiger partial charge in [-0.1, -0.05) is 37.3 Å². The summed E-state index contributed by atoms with van der Waals surface area (Å²) in [7, 11) is 0. The highest BCUT2D eigenvalue weighted by Gasteiger charge is 2.26. The van der Waals surface area contributed by atoms with Crippen molar-refractivity contribution in [3.8, 4) is 0 Å². The zero-order valence-corrected chi connectivity index (χ0v) is 15.9. The van der Waals surface area contributed by atoms with Gasteiger partial charge in [0.05, 0.1) is 0 Å². The minimum absolute atomic E-state index is 0.0399. The minimum Gasteiger partial charge on any atom is -0.349 e. The largest absolute Gasteiger partial charge is 0.349 e. The Morgan fingerprint density at radius 3 is 2.23 bits per heavy atom. The third-order valence-electron chi connectivity index (χ3n) is 4.81. The second-order valence-electron chi connectivity index (χ2n) is 6.60. The predicted molar refractivity (Wildman–Crippen MR) is 111 cm³/mol. The van der Waals surface area contributed by atoms with Crippen molar-refractivity contribution in [2.75, 3.05) is 23.7 Å². The molecule has 2 N–H and O–H groups in total. The van der Waals surface area contributed by atoms with Crippen molar-refractivity contribution in [2.24, 2.45) is 5.92 Å². The van der Waals surface area contributed by atoms with Crippen LogP contribution in [0.15, 0.2) is 54.6 Å². The minimum atomic E-state index is 0.0399. The van der Waals surface area contributed by atoms with E-state index in [0.29, 0.717) is 0 Å². The second-order valence-corrected chi connectivity index (χ2v) is 6.98. The van der Waals surface area contributed by atoms with Gasteiger partial charge >= 0.3 is 0 Å². The number of carbonyl (C=O) groups is 1. The van der Waals surface area contributed by atoms with Gasteiger partial charge in [0.25, 0.3) is 0 Å². The summed E-state index contributed by atoms with van der Waals surface area (Å²) in [5, 5.41) is 7.04. The number of nitrogens with one attached hydrogen (secondary N) is 2. The van der Waals surface area contributed by atoms with Crippen molar-refractivity contribution >= 4 is 34.6 Å². The van der Waals surface area contributed by atoms with E-state index >= 15 is 0 Å². The average molecular weight is 368 g/mol. The van der Waals surface area contributed by atoms with Crippen molar-refractivity contribution in [3.05, 3.63) is 60.2 Å². The van der Waals surface area contributed by atoms with E-state index in [0.717, 1.165) is 48.8 Å². The van der Waals surface area contributed by atoms with Crippen LogP contribution in [-0.4, -0.2) is 29.0 Å². The summed E-state index contributed by atoms with van der Waals surface area (Å²) in [5.74, 6) is 0.142. The molecule has 1 fully saturated rings. The molecule has 0 aliphatic carbocycles. The van der Waals surface area contributed by atoms with Crippen LogP contribution in [0.2, 0.25) is 0 Å². The van der Waals surface area contributed by atoms with Gasteiger partial charge in [-0.05, 0) is 61.3 Å². The highest BCUT2D eigenvalue weighted by atomic mass is 32.1. The van der Waals surface area contributed by atoms with Crippen molar-refractivity contribution in [3.63, 3.8) is 0 Å². The van der Waals surface area contributed by atoms with Crippen molar-refractivity contribution in [2.45, 2.75) is 26.2 Å². The zero-order valence-electron chi connectivity index (χ0n) is 15.1. The standard InChI is InChI=1S/C21H25N3OS/c1-2-16-8-10-19(11-9-16)23-21(26)24-14-12-17(13-15-24)20(25)22-18-6-4-3-5-7-18/h3-11,17H,2,12-15H2,1H3,(H,22,25)(H,23,26). The monoisotopic (exact) mass is 367 g/mol. The van der Waals surface area contributed by atoms with Crippen molar-refractivity contribution < 1.29 is 4.79 Å². The maximum atomic E-state index is 12.4. The van der Waals surface area contributed by atoms with E-state index in [9.17, 15) is 4.79 Å². The molecular weight excluding hydrogens is 342 g/mol. The number of carbonyl (C=O) groups excluding carboxylic acids is 1. The first-order valence-electron chi connectivity index (χ1n) is 9.16. The van der Waals surface area contributed by atoms with Crippen LogP contribution in [0.4, 0.5) is 11.4 Å². The van der Waals surface area contributed by atoms with E-state index in [4.69, 9.17) is 12.2 Å². The van der Waals surface area contributed by atoms with E-state index in [-0.39, 0.29) is 11.8 Å². The number of aryl methyl sites for hydroxylation is 1. The van der Waals surface area contributed by atoms with Crippen LogP contribution < -0.4 is 10.6 Å². The maximum Gasteiger partial charge on any atom is 0.227 e. The normalized spacial score (nSPS) is 14.7. The lowest BCUT2D eigenvalue weighted by Gasteiger charge is -2.33. The molecule has 1 aliphatic heterocycles. The van der Waals surface area contributed by atoms with Gasteiger partial charge in [-0.15, -0.1) is 0 Å². The Morgan fingerprint density at radius 1 is 1.00 bits per heavy atom. The van der Waals surface area contributed by atoms with Gasteiger partial charge in [-0.25, -0.2) is 0 Å². The Bertz CT molecular complexity index is 738. The van der Waals surface area contributed by atoms with E-state index in [1.807, 2.05) is 30.3 Å². The fraction of sp³-hybridized carbons (Fsp3) is 0.333. The number of benzene rings is 2. The molecule has 2 aromatic carbocycles. The highest BCUT2D eigenvalue weighted by molar-refractivity contribution is 7.80. The molecule has 5 heteroatoms. The molecule has 136 valence electrons. The Labute approximate surface area is 160 Å². The molecule has 0 atom stereocenters. The summed E-state index contributed by atoms with van der Waals surface area (Å²) in [6.07, 6.45) is 2.66. The van der Waals surface area contributed by atoms with Gasteiger partial charge in [-0.3, -0.25) is 4.79 Å². The number of rotatable bonds is 4. The Hall–Kier alpha value is -2.40. The molecule has 2 aromatic rings. The summed E-state index contributed by atoms with van der Waals surface area (Å²) in [6.45, 7) is 3.74. The fourth-order valence-corrected chi connectivity index (χ4v) is 3.44. The maximum absolute atomic E-state index is 12.4. The molecular formula is C21H25N3OS. The first-order chi connectivity index (χ1) is 12.7. The average Bonchev–Trinajstić information content (AvgIpc) is 2.69. The Balaban J connectivity index is 1.48. The number of para-hydroxylation sites is 1. The number of likely N-dealkylation sites (tertiary alicyclic amines) is 1. The number of piperidine rings is 1. The summed E-state index contributed by atoms with van der Waals surface area (Å²) in [5.41, 5.74) is 3.18. The molecule has 0 radical (unpaired) electrons. The number of anilines is 2. The van der Waals surface area contributed by atoms with Crippen LogP contribution in [0.3, 0.4) is 0 Å². The third-order valence-corrected chi connectivity index (χ3v) is 5.17. The number of nitrogens with zero attached hydrogens (tertiary/aromatic N) is 1. The van der Waals surface area contributed by atoms with Gasteiger partial charge < -0.3 is 15.5 Å². The van der Waals surface area contributed by atoms with E-state index < -0.39 is 0 Å². The first-order valence-corrected chi connectivity index (χ1v) is 9.57. The number of hydrogen-bond donors (Lipinski definition) is 2. The van der Waals surface area contributed by atoms with Crippen molar-refractivity contribution in [1.29, 1.82) is 0 Å².